The summed E-state index contributed by atoms with van der Waals surface area (Å²) in [6, 6.07) is 10.6. The van der Waals surface area contributed by atoms with Crippen molar-refractivity contribution in [3.63, 3.8) is 0 Å². The second kappa shape index (κ2) is 8.68. The average Bonchev–Trinajstić information content (AvgIpc) is 2.94. The van der Waals surface area contributed by atoms with Crippen LogP contribution in [0.5, 0.6) is 5.75 Å². The molecule has 162 valence electrons. The first-order valence-corrected chi connectivity index (χ1v) is 11.4. The van der Waals surface area contributed by atoms with Gasteiger partial charge in [0.2, 0.25) is 5.91 Å². The van der Waals surface area contributed by atoms with Crippen LogP contribution in [0.2, 0.25) is 0 Å². The van der Waals surface area contributed by atoms with Crippen molar-refractivity contribution in [1.29, 1.82) is 0 Å². The normalized spacial score (nSPS) is 14.2. The summed E-state index contributed by atoms with van der Waals surface area (Å²) in [7, 11) is -3.47. The number of rotatable bonds is 7. The van der Waals surface area contributed by atoms with Crippen molar-refractivity contribution in [3.8, 4) is 5.75 Å². The summed E-state index contributed by atoms with van der Waals surface area (Å²) in [5.41, 5.74) is 0.773. The molecule has 1 N–H and O–H groups in total. The van der Waals surface area contributed by atoms with E-state index in [0.717, 1.165) is 11.2 Å². The molecule has 10 heteroatoms. The maximum atomic E-state index is 12.9. The van der Waals surface area contributed by atoms with Crippen LogP contribution < -0.4 is 10.1 Å². The number of hydrogen-bond acceptors (Lipinski definition) is 7. The molecule has 0 bridgehead atoms. The van der Waals surface area contributed by atoms with Gasteiger partial charge in [-0.25, -0.2) is 13.2 Å². The summed E-state index contributed by atoms with van der Waals surface area (Å²) in [5, 5.41) is 2.57. The second-order valence-electron chi connectivity index (χ2n) is 7.09. The monoisotopic (exact) mass is 444 g/mol. The van der Waals surface area contributed by atoms with Gasteiger partial charge in [-0.2, -0.15) is 0 Å². The number of ether oxygens (including phenoxy) is 1. The van der Waals surface area contributed by atoms with Crippen LogP contribution in [0.15, 0.2) is 48.5 Å². The molecule has 0 spiro atoms. The van der Waals surface area contributed by atoms with Gasteiger partial charge in [-0.3, -0.25) is 19.3 Å². The number of hydrogen-bond donors (Lipinski definition) is 1. The fourth-order valence-corrected chi connectivity index (χ4v) is 3.81. The summed E-state index contributed by atoms with van der Waals surface area (Å²) in [6.07, 6.45) is 0.700. The molecule has 0 aromatic heterocycles. The molecule has 0 saturated heterocycles. The van der Waals surface area contributed by atoms with Crippen molar-refractivity contribution in [2.45, 2.75) is 19.4 Å². The molecule has 0 fully saturated rings. The summed E-state index contributed by atoms with van der Waals surface area (Å²) < 4.78 is 28.6. The highest BCUT2D eigenvalue weighted by atomic mass is 32.2. The Balaban J connectivity index is 1.85. The second-order valence-corrected chi connectivity index (χ2v) is 9.35. The minimum atomic E-state index is -3.47. The van der Waals surface area contributed by atoms with E-state index in [4.69, 9.17) is 4.74 Å². The number of anilines is 1. The van der Waals surface area contributed by atoms with E-state index in [2.05, 4.69) is 5.32 Å². The molecule has 2 aromatic carbocycles. The Bertz CT molecular complexity index is 1120. The SMILES string of the molecule is CC(=O)Nc1ccc(OC(=O)[C@H](CCS(C)(=O)=O)N2C(=O)c3ccccc3C2=O)cc1. The van der Waals surface area contributed by atoms with E-state index in [1.54, 1.807) is 12.1 Å². The minimum Gasteiger partial charge on any atom is -0.425 e. The maximum absolute atomic E-state index is 12.9. The van der Waals surface area contributed by atoms with Gasteiger partial charge in [0.15, 0.2) is 0 Å². The molecule has 2 aromatic rings. The zero-order chi connectivity index (χ0) is 22.8. The number of carbonyl (C=O) groups is 4. The predicted octanol–water partition coefficient (Wildman–Crippen LogP) is 1.65. The number of benzene rings is 2. The molecule has 1 aliphatic rings. The maximum Gasteiger partial charge on any atom is 0.334 e. The van der Waals surface area contributed by atoms with Gasteiger partial charge in [0.25, 0.3) is 11.8 Å². The fourth-order valence-electron chi connectivity index (χ4n) is 3.16. The van der Waals surface area contributed by atoms with Gasteiger partial charge in [0.05, 0.1) is 16.9 Å². The van der Waals surface area contributed by atoms with Crippen molar-refractivity contribution in [1.82, 2.24) is 4.90 Å². The van der Waals surface area contributed by atoms with Crippen LogP contribution in [-0.4, -0.2) is 55.1 Å². The van der Waals surface area contributed by atoms with Gasteiger partial charge in [0, 0.05) is 18.9 Å². The van der Waals surface area contributed by atoms with E-state index in [1.807, 2.05) is 0 Å². The minimum absolute atomic E-state index is 0.111. The van der Waals surface area contributed by atoms with Crippen molar-refractivity contribution >= 4 is 39.2 Å². The fraction of sp³-hybridized carbons (Fsp3) is 0.238. The molecule has 1 heterocycles. The molecular weight excluding hydrogens is 424 g/mol. The molecule has 3 amide bonds. The Morgan fingerprint density at radius 2 is 1.55 bits per heavy atom. The molecule has 0 unspecified atom stereocenters. The van der Waals surface area contributed by atoms with Crippen molar-refractivity contribution < 1.29 is 32.3 Å². The van der Waals surface area contributed by atoms with Gasteiger partial charge in [-0.1, -0.05) is 12.1 Å². The third kappa shape index (κ3) is 5.15. The lowest BCUT2D eigenvalue weighted by Gasteiger charge is -2.24. The van der Waals surface area contributed by atoms with E-state index < -0.39 is 39.4 Å². The molecular formula is C21H20N2O7S. The number of esters is 1. The third-order valence-electron chi connectivity index (χ3n) is 4.56. The highest BCUT2D eigenvalue weighted by Gasteiger charge is 2.43. The average molecular weight is 444 g/mol. The summed E-state index contributed by atoms with van der Waals surface area (Å²) in [4.78, 5) is 50.3. The highest BCUT2D eigenvalue weighted by molar-refractivity contribution is 7.90. The van der Waals surface area contributed by atoms with Gasteiger partial charge >= 0.3 is 5.97 Å². The smallest absolute Gasteiger partial charge is 0.334 e. The van der Waals surface area contributed by atoms with Crippen LogP contribution in [0, 0.1) is 0 Å². The third-order valence-corrected chi connectivity index (χ3v) is 5.54. The van der Waals surface area contributed by atoms with Crippen molar-refractivity contribution in [3.05, 3.63) is 59.7 Å². The van der Waals surface area contributed by atoms with Crippen LogP contribution in [0.25, 0.3) is 0 Å². The van der Waals surface area contributed by atoms with E-state index in [9.17, 15) is 27.6 Å². The molecule has 1 atom stereocenters. The lowest BCUT2D eigenvalue weighted by molar-refractivity contribution is -0.138. The van der Waals surface area contributed by atoms with Gasteiger partial charge in [-0.05, 0) is 42.8 Å². The first-order valence-electron chi connectivity index (χ1n) is 9.31. The number of fused-ring (bicyclic) bond motifs is 1. The quantitative estimate of drug-likeness (QED) is 0.391. The van der Waals surface area contributed by atoms with Crippen molar-refractivity contribution in [2.75, 3.05) is 17.3 Å². The van der Waals surface area contributed by atoms with E-state index >= 15 is 0 Å². The number of nitrogens with one attached hydrogen (secondary N) is 1. The van der Waals surface area contributed by atoms with E-state index in [1.165, 1.54) is 43.3 Å². The van der Waals surface area contributed by atoms with Crippen LogP contribution in [-0.2, 0) is 19.4 Å². The number of carbonyl (C=O) groups excluding carboxylic acids is 4. The van der Waals surface area contributed by atoms with Crippen LogP contribution >= 0.6 is 0 Å². The Labute approximate surface area is 178 Å². The van der Waals surface area contributed by atoms with Crippen LogP contribution in [0.1, 0.15) is 34.1 Å². The topological polar surface area (TPSA) is 127 Å². The summed E-state index contributed by atoms with van der Waals surface area (Å²) in [6.45, 7) is 1.35. The van der Waals surface area contributed by atoms with Crippen molar-refractivity contribution in [2.24, 2.45) is 0 Å². The predicted molar refractivity (Wildman–Crippen MR) is 111 cm³/mol. The largest absolute Gasteiger partial charge is 0.425 e. The van der Waals surface area contributed by atoms with Gasteiger partial charge in [-0.15, -0.1) is 0 Å². The highest BCUT2D eigenvalue weighted by Crippen LogP contribution is 2.27. The zero-order valence-electron chi connectivity index (χ0n) is 16.8. The van der Waals surface area contributed by atoms with Gasteiger partial charge < -0.3 is 10.1 Å². The number of imide groups is 1. The van der Waals surface area contributed by atoms with Crippen LogP contribution in [0.4, 0.5) is 5.69 Å². The first kappa shape index (κ1) is 22.2. The first-order chi connectivity index (χ1) is 14.6. The zero-order valence-corrected chi connectivity index (χ0v) is 17.6. The molecule has 0 radical (unpaired) electrons. The summed E-state index contributed by atoms with van der Waals surface area (Å²) in [5.74, 6) is -2.88. The summed E-state index contributed by atoms with van der Waals surface area (Å²) >= 11 is 0. The Morgan fingerprint density at radius 1 is 1.00 bits per heavy atom. The molecule has 0 saturated carbocycles. The van der Waals surface area contributed by atoms with E-state index in [0.29, 0.717) is 5.69 Å². The molecule has 1 aliphatic heterocycles. The Kier molecular flexibility index (Phi) is 6.21. The lowest BCUT2D eigenvalue weighted by atomic mass is 10.1. The number of nitrogens with zero attached hydrogens (tertiary/aromatic N) is 1. The van der Waals surface area contributed by atoms with E-state index in [-0.39, 0.29) is 29.2 Å². The molecule has 0 aliphatic carbocycles. The Morgan fingerprint density at radius 3 is 2.03 bits per heavy atom. The van der Waals surface area contributed by atoms with Gasteiger partial charge in [0.1, 0.15) is 21.6 Å². The number of sulfone groups is 1. The van der Waals surface area contributed by atoms with Crippen LogP contribution in [0.3, 0.4) is 0 Å². The lowest BCUT2D eigenvalue weighted by Crippen LogP contribution is -2.47. The number of amides is 3. The molecule has 9 nitrogen and oxygen atoms in total. The molecule has 3 rings (SSSR count). The standard InChI is InChI=1S/C21H20N2O7S/c1-13(24)22-14-7-9-15(10-8-14)30-21(27)18(11-12-31(2,28)29)23-19(25)16-5-3-4-6-17(16)20(23)26/h3-10,18H,11-12H2,1-2H3,(H,22,24)/t18-/m0/s1. The molecule has 31 heavy (non-hydrogen) atoms. The Hall–Kier alpha value is -3.53.